The maximum absolute atomic E-state index is 2.40. The monoisotopic (exact) mass is 288 g/mol. The standard InChI is InChI=1S/C10H9IS/c1-7-4-9-5-8(6-11)2-3-10(9)12-7/h2-5H,6H2,1H3. The Kier molecular flexibility index (Phi) is 2.37. The number of halogens is 1. The zero-order valence-electron chi connectivity index (χ0n) is 6.80. The summed E-state index contributed by atoms with van der Waals surface area (Å²) in [4.78, 5) is 1.40. The lowest BCUT2D eigenvalue weighted by molar-refractivity contribution is 1.49. The number of aryl methyl sites for hydroxylation is 1. The van der Waals surface area contributed by atoms with E-state index in [9.17, 15) is 0 Å². The van der Waals surface area contributed by atoms with Crippen LogP contribution in [-0.2, 0) is 4.43 Å². The van der Waals surface area contributed by atoms with Gasteiger partial charge in [0.25, 0.3) is 0 Å². The molecule has 0 aliphatic carbocycles. The first-order valence-corrected chi connectivity index (χ1v) is 6.19. The number of thiophene rings is 1. The third kappa shape index (κ3) is 1.50. The van der Waals surface area contributed by atoms with Crippen LogP contribution in [-0.4, -0.2) is 0 Å². The number of benzene rings is 1. The van der Waals surface area contributed by atoms with E-state index in [4.69, 9.17) is 0 Å². The third-order valence-corrected chi connectivity index (χ3v) is 3.77. The predicted octanol–water partition coefficient (Wildman–Crippen LogP) is 4.14. The maximum atomic E-state index is 2.40. The zero-order chi connectivity index (χ0) is 8.55. The molecule has 62 valence electrons. The molecule has 2 heteroatoms. The van der Waals surface area contributed by atoms with E-state index in [0.29, 0.717) is 0 Å². The molecule has 0 amide bonds. The highest BCUT2D eigenvalue weighted by Gasteiger charge is 1.98. The van der Waals surface area contributed by atoms with E-state index in [1.807, 2.05) is 11.3 Å². The lowest BCUT2D eigenvalue weighted by Crippen LogP contribution is -1.73. The molecule has 0 radical (unpaired) electrons. The molecule has 12 heavy (non-hydrogen) atoms. The molecule has 0 aliphatic heterocycles. The smallest absolute Gasteiger partial charge is 0.0345 e. The maximum Gasteiger partial charge on any atom is 0.0345 e. The fourth-order valence-electron chi connectivity index (χ4n) is 1.31. The predicted molar refractivity (Wildman–Crippen MR) is 64.3 cm³/mol. The van der Waals surface area contributed by atoms with Crippen molar-refractivity contribution in [2.75, 3.05) is 0 Å². The van der Waals surface area contributed by atoms with Crippen LogP contribution in [0.25, 0.3) is 10.1 Å². The topological polar surface area (TPSA) is 0 Å². The van der Waals surface area contributed by atoms with Gasteiger partial charge in [-0.1, -0.05) is 28.7 Å². The Morgan fingerprint density at radius 3 is 2.92 bits per heavy atom. The molecule has 0 spiro atoms. The van der Waals surface area contributed by atoms with Crippen molar-refractivity contribution >= 4 is 44.0 Å². The summed E-state index contributed by atoms with van der Waals surface area (Å²) in [6.07, 6.45) is 0. The highest BCUT2D eigenvalue weighted by Crippen LogP contribution is 2.26. The number of alkyl halides is 1. The summed E-state index contributed by atoms with van der Waals surface area (Å²) in [5.74, 6) is 0. The molecule has 0 atom stereocenters. The van der Waals surface area contributed by atoms with Crippen LogP contribution < -0.4 is 0 Å². The summed E-state index contributed by atoms with van der Waals surface area (Å²) in [6.45, 7) is 2.16. The van der Waals surface area contributed by atoms with Gasteiger partial charge in [0.15, 0.2) is 0 Å². The van der Waals surface area contributed by atoms with E-state index in [1.54, 1.807) is 0 Å². The Hall–Kier alpha value is -0.0900. The van der Waals surface area contributed by atoms with Gasteiger partial charge in [0.05, 0.1) is 0 Å². The first kappa shape index (κ1) is 8.51. The van der Waals surface area contributed by atoms with Crippen molar-refractivity contribution in [2.24, 2.45) is 0 Å². The zero-order valence-corrected chi connectivity index (χ0v) is 9.78. The first-order chi connectivity index (χ1) is 5.79. The molecule has 0 saturated heterocycles. The van der Waals surface area contributed by atoms with Crippen molar-refractivity contribution < 1.29 is 0 Å². The minimum Gasteiger partial charge on any atom is -0.141 e. The van der Waals surface area contributed by atoms with E-state index < -0.39 is 0 Å². The Balaban J connectivity index is 2.66. The van der Waals surface area contributed by atoms with Crippen molar-refractivity contribution in [3.8, 4) is 0 Å². The van der Waals surface area contributed by atoms with Gasteiger partial charge < -0.3 is 0 Å². The summed E-state index contributed by atoms with van der Waals surface area (Å²) in [5.41, 5.74) is 1.42. The Morgan fingerprint density at radius 2 is 2.17 bits per heavy atom. The second-order valence-electron chi connectivity index (χ2n) is 2.86. The number of hydrogen-bond acceptors (Lipinski definition) is 1. The number of fused-ring (bicyclic) bond motifs is 1. The van der Waals surface area contributed by atoms with E-state index >= 15 is 0 Å². The molecule has 1 heterocycles. The van der Waals surface area contributed by atoms with Crippen LogP contribution in [0.2, 0.25) is 0 Å². The SMILES string of the molecule is Cc1cc2cc(CI)ccc2s1. The van der Waals surface area contributed by atoms with Gasteiger partial charge in [-0.3, -0.25) is 0 Å². The van der Waals surface area contributed by atoms with Crippen molar-refractivity contribution in [2.45, 2.75) is 11.4 Å². The number of rotatable bonds is 1. The normalized spacial score (nSPS) is 10.8. The van der Waals surface area contributed by atoms with Gasteiger partial charge in [0.2, 0.25) is 0 Å². The molecule has 2 rings (SSSR count). The fourth-order valence-corrected chi connectivity index (χ4v) is 2.69. The second kappa shape index (κ2) is 3.34. The summed E-state index contributed by atoms with van der Waals surface area (Å²) in [7, 11) is 0. The molecular weight excluding hydrogens is 279 g/mol. The van der Waals surface area contributed by atoms with Gasteiger partial charge in [-0.25, -0.2) is 0 Å². The number of hydrogen-bond donors (Lipinski definition) is 0. The van der Waals surface area contributed by atoms with Crippen LogP contribution in [0.5, 0.6) is 0 Å². The quantitative estimate of drug-likeness (QED) is 0.546. The Labute approximate surface area is 89.7 Å². The summed E-state index contributed by atoms with van der Waals surface area (Å²) >= 11 is 4.27. The molecule has 1 aromatic carbocycles. The molecule has 0 saturated carbocycles. The summed E-state index contributed by atoms with van der Waals surface area (Å²) in [5, 5.41) is 1.40. The van der Waals surface area contributed by atoms with Crippen molar-refractivity contribution in [3.05, 3.63) is 34.7 Å². The molecule has 0 unspecified atom stereocenters. The average molecular weight is 288 g/mol. The lowest BCUT2D eigenvalue weighted by Gasteiger charge is -1.93. The van der Waals surface area contributed by atoms with Gasteiger partial charge in [0, 0.05) is 14.0 Å². The van der Waals surface area contributed by atoms with E-state index in [1.165, 1.54) is 20.5 Å². The molecular formula is C10H9IS. The van der Waals surface area contributed by atoms with Crippen LogP contribution >= 0.6 is 33.9 Å². The van der Waals surface area contributed by atoms with Crippen LogP contribution in [0, 0.1) is 6.92 Å². The Bertz CT molecular complexity index is 403. The van der Waals surface area contributed by atoms with Crippen molar-refractivity contribution in [1.82, 2.24) is 0 Å². The fraction of sp³-hybridized carbons (Fsp3) is 0.200. The van der Waals surface area contributed by atoms with Gasteiger partial charge in [-0.2, -0.15) is 0 Å². The second-order valence-corrected chi connectivity index (χ2v) is 4.91. The molecule has 0 nitrogen and oxygen atoms in total. The van der Waals surface area contributed by atoms with Gasteiger partial charge in [-0.15, -0.1) is 11.3 Å². The minimum absolute atomic E-state index is 1.10. The van der Waals surface area contributed by atoms with E-state index in [2.05, 4.69) is 53.8 Å². The highest BCUT2D eigenvalue weighted by molar-refractivity contribution is 14.1. The highest BCUT2D eigenvalue weighted by atomic mass is 127. The van der Waals surface area contributed by atoms with Crippen molar-refractivity contribution in [1.29, 1.82) is 0 Å². The van der Waals surface area contributed by atoms with Crippen LogP contribution in [0.1, 0.15) is 10.4 Å². The molecule has 1 aromatic heterocycles. The van der Waals surface area contributed by atoms with Crippen molar-refractivity contribution in [3.63, 3.8) is 0 Å². The van der Waals surface area contributed by atoms with Crippen LogP contribution in [0.4, 0.5) is 0 Å². The average Bonchev–Trinajstić information content (AvgIpc) is 2.43. The van der Waals surface area contributed by atoms with Crippen LogP contribution in [0.3, 0.4) is 0 Å². The van der Waals surface area contributed by atoms with E-state index in [0.717, 1.165) is 4.43 Å². The lowest BCUT2D eigenvalue weighted by atomic mass is 10.2. The molecule has 0 fully saturated rings. The van der Waals surface area contributed by atoms with Gasteiger partial charge in [-0.05, 0) is 36.1 Å². The molecule has 2 aromatic rings. The molecule has 0 aliphatic rings. The Morgan fingerprint density at radius 1 is 1.33 bits per heavy atom. The molecule has 0 bridgehead atoms. The summed E-state index contributed by atoms with van der Waals surface area (Å²) < 4.78 is 2.50. The largest absolute Gasteiger partial charge is 0.141 e. The van der Waals surface area contributed by atoms with Crippen LogP contribution in [0.15, 0.2) is 24.3 Å². The molecule has 0 N–H and O–H groups in total. The minimum atomic E-state index is 1.10. The summed E-state index contributed by atoms with van der Waals surface area (Å²) in [6, 6.07) is 8.98. The van der Waals surface area contributed by atoms with Gasteiger partial charge in [0.1, 0.15) is 0 Å². The van der Waals surface area contributed by atoms with Gasteiger partial charge >= 0.3 is 0 Å². The van der Waals surface area contributed by atoms with E-state index in [-0.39, 0.29) is 0 Å². The first-order valence-electron chi connectivity index (χ1n) is 3.84. The third-order valence-electron chi connectivity index (χ3n) is 1.86.